The van der Waals surface area contributed by atoms with Crippen LogP contribution in [0, 0.1) is 0 Å². The minimum Gasteiger partial charge on any atom is -0.490 e. The van der Waals surface area contributed by atoms with Crippen molar-refractivity contribution in [3.05, 3.63) is 59.9 Å². The van der Waals surface area contributed by atoms with Crippen molar-refractivity contribution in [2.45, 2.75) is 12.3 Å². The van der Waals surface area contributed by atoms with Gasteiger partial charge in [-0.1, -0.05) is 12.1 Å². The number of para-hydroxylation sites is 1. The smallest absolute Gasteiger partial charge is 0.419 e. The molecule has 0 aliphatic rings. The monoisotopic (exact) mass is 283 g/mol. The number of rotatable bonds is 4. The molecule has 1 aromatic carbocycles. The minimum absolute atomic E-state index is 0.267. The van der Waals surface area contributed by atoms with E-state index in [1.807, 2.05) is 0 Å². The van der Waals surface area contributed by atoms with Gasteiger partial charge in [-0.2, -0.15) is 13.2 Å². The Balaban J connectivity index is 2.08. The van der Waals surface area contributed by atoms with Gasteiger partial charge in [0, 0.05) is 12.4 Å². The molecule has 0 spiro atoms. The maximum absolute atomic E-state index is 12.7. The normalized spacial score (nSPS) is 13.0. The number of alkyl halides is 3. The molecule has 1 atom stereocenters. The fourth-order valence-electron chi connectivity index (χ4n) is 1.68. The molecule has 3 nitrogen and oxygen atoms in total. The first-order valence-electron chi connectivity index (χ1n) is 5.85. The van der Waals surface area contributed by atoms with Gasteiger partial charge < -0.3 is 9.84 Å². The summed E-state index contributed by atoms with van der Waals surface area (Å²) in [5, 5.41) is 9.84. The highest BCUT2D eigenvalue weighted by molar-refractivity contribution is 5.35. The molecule has 0 fully saturated rings. The van der Waals surface area contributed by atoms with E-state index >= 15 is 0 Å². The zero-order valence-corrected chi connectivity index (χ0v) is 10.3. The average molecular weight is 283 g/mol. The third kappa shape index (κ3) is 3.48. The van der Waals surface area contributed by atoms with E-state index < -0.39 is 17.8 Å². The van der Waals surface area contributed by atoms with E-state index in [1.165, 1.54) is 30.6 Å². The van der Waals surface area contributed by atoms with Crippen molar-refractivity contribution in [1.29, 1.82) is 0 Å². The summed E-state index contributed by atoms with van der Waals surface area (Å²) < 4.78 is 43.3. The third-order valence-electron chi connectivity index (χ3n) is 2.68. The minimum atomic E-state index is -4.49. The molecule has 0 amide bonds. The van der Waals surface area contributed by atoms with Gasteiger partial charge in [0.15, 0.2) is 0 Å². The highest BCUT2D eigenvalue weighted by Gasteiger charge is 2.34. The van der Waals surface area contributed by atoms with Gasteiger partial charge in [0.1, 0.15) is 18.5 Å². The van der Waals surface area contributed by atoms with Crippen LogP contribution in [0.25, 0.3) is 0 Å². The summed E-state index contributed by atoms with van der Waals surface area (Å²) in [6.45, 7) is -0.267. The SMILES string of the molecule is OC(COc1ccccc1C(F)(F)F)c1ccncc1. The number of aliphatic hydroxyl groups excluding tert-OH is 1. The zero-order chi connectivity index (χ0) is 14.6. The predicted molar refractivity (Wildman–Crippen MR) is 66.1 cm³/mol. The lowest BCUT2D eigenvalue weighted by molar-refractivity contribution is -0.139. The standard InChI is InChI=1S/C14H12F3NO2/c15-14(16,17)11-3-1-2-4-13(11)20-9-12(19)10-5-7-18-8-6-10/h1-8,12,19H,9H2. The number of aliphatic hydroxyl groups is 1. The highest BCUT2D eigenvalue weighted by atomic mass is 19.4. The summed E-state index contributed by atoms with van der Waals surface area (Å²) in [5.74, 6) is -0.298. The lowest BCUT2D eigenvalue weighted by atomic mass is 10.1. The summed E-state index contributed by atoms with van der Waals surface area (Å²) in [7, 11) is 0. The molecule has 20 heavy (non-hydrogen) atoms. The van der Waals surface area contributed by atoms with Gasteiger partial charge in [-0.15, -0.1) is 0 Å². The zero-order valence-electron chi connectivity index (χ0n) is 10.3. The molecule has 6 heteroatoms. The van der Waals surface area contributed by atoms with E-state index in [4.69, 9.17) is 4.74 Å². The van der Waals surface area contributed by atoms with Crippen molar-refractivity contribution in [2.75, 3.05) is 6.61 Å². The van der Waals surface area contributed by atoms with E-state index in [1.54, 1.807) is 12.1 Å². The van der Waals surface area contributed by atoms with Crippen LogP contribution < -0.4 is 4.74 Å². The van der Waals surface area contributed by atoms with Crippen LogP contribution in [0.2, 0.25) is 0 Å². The molecule has 2 aromatic rings. The van der Waals surface area contributed by atoms with E-state index in [0.29, 0.717) is 5.56 Å². The quantitative estimate of drug-likeness (QED) is 0.936. The summed E-state index contributed by atoms with van der Waals surface area (Å²) in [5.41, 5.74) is -0.327. The second-order valence-electron chi connectivity index (χ2n) is 4.10. The molecule has 0 saturated heterocycles. The van der Waals surface area contributed by atoms with Gasteiger partial charge in [0.2, 0.25) is 0 Å². The van der Waals surface area contributed by atoms with E-state index in [-0.39, 0.29) is 12.4 Å². The number of benzene rings is 1. The molecule has 0 aliphatic heterocycles. The fourth-order valence-corrected chi connectivity index (χ4v) is 1.68. The Labute approximate surface area is 113 Å². The number of pyridine rings is 1. The first kappa shape index (κ1) is 14.3. The number of nitrogens with zero attached hydrogens (tertiary/aromatic N) is 1. The van der Waals surface area contributed by atoms with Crippen LogP contribution >= 0.6 is 0 Å². The number of aromatic nitrogens is 1. The van der Waals surface area contributed by atoms with Gasteiger partial charge in [-0.3, -0.25) is 4.98 Å². The van der Waals surface area contributed by atoms with E-state index in [0.717, 1.165) is 6.07 Å². The predicted octanol–water partition coefficient (Wildman–Crippen LogP) is 3.21. The summed E-state index contributed by atoms with van der Waals surface area (Å²) in [6.07, 6.45) is -2.53. The largest absolute Gasteiger partial charge is 0.490 e. The van der Waals surface area contributed by atoms with Crippen LogP contribution in [-0.2, 0) is 6.18 Å². The van der Waals surface area contributed by atoms with E-state index in [2.05, 4.69) is 4.98 Å². The van der Waals surface area contributed by atoms with Crippen molar-refractivity contribution in [3.63, 3.8) is 0 Å². The number of ether oxygens (including phenoxy) is 1. The van der Waals surface area contributed by atoms with Crippen LogP contribution in [0.3, 0.4) is 0 Å². The average Bonchev–Trinajstić information content (AvgIpc) is 2.45. The van der Waals surface area contributed by atoms with Gasteiger partial charge in [0.25, 0.3) is 0 Å². The Bertz CT molecular complexity index is 558. The van der Waals surface area contributed by atoms with Crippen LogP contribution in [-0.4, -0.2) is 16.7 Å². The Morgan fingerprint density at radius 2 is 1.75 bits per heavy atom. The maximum Gasteiger partial charge on any atom is 0.419 e. The van der Waals surface area contributed by atoms with Crippen molar-refractivity contribution in [1.82, 2.24) is 4.98 Å². The number of halogens is 3. The Hall–Kier alpha value is -2.08. The lowest BCUT2D eigenvalue weighted by Crippen LogP contribution is -2.13. The summed E-state index contributed by atoms with van der Waals surface area (Å²) in [6, 6.07) is 8.04. The third-order valence-corrected chi connectivity index (χ3v) is 2.68. The van der Waals surface area contributed by atoms with Crippen LogP contribution in [0.15, 0.2) is 48.8 Å². The number of hydrogen-bond acceptors (Lipinski definition) is 3. The van der Waals surface area contributed by atoms with Crippen molar-refractivity contribution in [2.24, 2.45) is 0 Å². The summed E-state index contributed by atoms with van der Waals surface area (Å²) >= 11 is 0. The van der Waals surface area contributed by atoms with Gasteiger partial charge >= 0.3 is 6.18 Å². The molecule has 2 rings (SSSR count). The van der Waals surface area contributed by atoms with Gasteiger partial charge in [0.05, 0.1) is 5.56 Å². The molecule has 0 radical (unpaired) electrons. The molecule has 0 saturated carbocycles. The van der Waals surface area contributed by atoms with Crippen LogP contribution in [0.1, 0.15) is 17.2 Å². The molecule has 106 valence electrons. The van der Waals surface area contributed by atoms with Gasteiger partial charge in [-0.05, 0) is 29.8 Å². The Kier molecular flexibility index (Phi) is 4.24. The number of hydrogen-bond donors (Lipinski definition) is 1. The Morgan fingerprint density at radius 3 is 2.40 bits per heavy atom. The van der Waals surface area contributed by atoms with Crippen LogP contribution in [0.4, 0.5) is 13.2 Å². The second-order valence-corrected chi connectivity index (χ2v) is 4.10. The molecular formula is C14H12F3NO2. The molecule has 1 N–H and O–H groups in total. The molecule has 0 bridgehead atoms. The Morgan fingerprint density at radius 1 is 1.10 bits per heavy atom. The topological polar surface area (TPSA) is 42.4 Å². The van der Waals surface area contributed by atoms with Crippen molar-refractivity contribution < 1.29 is 23.0 Å². The fraction of sp³-hybridized carbons (Fsp3) is 0.214. The molecule has 1 aromatic heterocycles. The molecule has 0 aliphatic carbocycles. The molecule has 1 unspecified atom stereocenters. The summed E-state index contributed by atoms with van der Waals surface area (Å²) in [4.78, 5) is 3.79. The van der Waals surface area contributed by atoms with Crippen LogP contribution in [0.5, 0.6) is 5.75 Å². The van der Waals surface area contributed by atoms with Gasteiger partial charge in [-0.25, -0.2) is 0 Å². The molecular weight excluding hydrogens is 271 g/mol. The van der Waals surface area contributed by atoms with Crippen molar-refractivity contribution >= 4 is 0 Å². The molecule has 1 heterocycles. The first-order chi connectivity index (χ1) is 9.48. The van der Waals surface area contributed by atoms with E-state index in [9.17, 15) is 18.3 Å². The first-order valence-corrected chi connectivity index (χ1v) is 5.85. The highest BCUT2D eigenvalue weighted by Crippen LogP contribution is 2.36. The lowest BCUT2D eigenvalue weighted by Gasteiger charge is -2.16. The second kappa shape index (κ2) is 5.92. The van der Waals surface area contributed by atoms with Crippen molar-refractivity contribution in [3.8, 4) is 5.75 Å². The maximum atomic E-state index is 12.7.